The summed E-state index contributed by atoms with van der Waals surface area (Å²) in [5.74, 6) is -0.231. The summed E-state index contributed by atoms with van der Waals surface area (Å²) in [6.45, 7) is 6.37. The van der Waals surface area contributed by atoms with E-state index in [1.165, 1.54) is 24.8 Å². The Bertz CT molecular complexity index is 889. The number of nitrogens with one attached hydrogen (secondary N) is 2. The smallest absolute Gasteiger partial charge is 0.272 e. The molecule has 0 spiro atoms. The summed E-state index contributed by atoms with van der Waals surface area (Å²) in [4.78, 5) is 20.3. The van der Waals surface area contributed by atoms with Crippen LogP contribution >= 0.6 is 0 Å². The zero-order valence-electron chi connectivity index (χ0n) is 16.6. The number of rotatable bonds is 5. The summed E-state index contributed by atoms with van der Waals surface area (Å²) in [6, 6.07) is 9.93. The summed E-state index contributed by atoms with van der Waals surface area (Å²) in [7, 11) is 0. The van der Waals surface area contributed by atoms with Crippen molar-refractivity contribution >= 4 is 17.3 Å². The first-order valence-corrected chi connectivity index (χ1v) is 10.3. The van der Waals surface area contributed by atoms with Gasteiger partial charge in [-0.15, -0.1) is 0 Å². The quantitative estimate of drug-likeness (QED) is 0.816. The molecular formula is C22H27N5O2. The van der Waals surface area contributed by atoms with Crippen LogP contribution in [0.4, 0.5) is 11.4 Å². The maximum Gasteiger partial charge on any atom is 0.272 e. The Labute approximate surface area is 171 Å². The molecule has 2 saturated heterocycles. The number of hydrogen-bond acceptors (Lipinski definition) is 5. The second-order valence-electron chi connectivity index (χ2n) is 7.66. The van der Waals surface area contributed by atoms with Crippen LogP contribution in [0.25, 0.3) is 0 Å². The predicted molar refractivity (Wildman–Crippen MR) is 112 cm³/mol. The van der Waals surface area contributed by atoms with Gasteiger partial charge in [0.2, 0.25) is 0 Å². The van der Waals surface area contributed by atoms with Crippen molar-refractivity contribution in [3.8, 4) is 6.07 Å². The summed E-state index contributed by atoms with van der Waals surface area (Å²) in [5.41, 5.74) is 3.99. The average Bonchev–Trinajstić information content (AvgIpc) is 3.26. The number of carbonyl (C=O) groups is 1. The van der Waals surface area contributed by atoms with E-state index in [-0.39, 0.29) is 5.91 Å². The number of hydrogen-bond donors (Lipinski definition) is 2. The van der Waals surface area contributed by atoms with Gasteiger partial charge in [-0.3, -0.25) is 9.69 Å². The highest BCUT2D eigenvalue weighted by atomic mass is 16.5. The van der Waals surface area contributed by atoms with Crippen LogP contribution in [0.15, 0.2) is 30.5 Å². The van der Waals surface area contributed by atoms with Gasteiger partial charge in [0.1, 0.15) is 11.8 Å². The van der Waals surface area contributed by atoms with Crippen LogP contribution in [0.1, 0.15) is 40.9 Å². The third kappa shape index (κ3) is 4.78. The zero-order valence-corrected chi connectivity index (χ0v) is 16.6. The number of piperidine rings is 1. The van der Waals surface area contributed by atoms with Crippen LogP contribution in [0.5, 0.6) is 0 Å². The zero-order chi connectivity index (χ0) is 20.1. The van der Waals surface area contributed by atoms with E-state index in [2.05, 4.69) is 32.2 Å². The second kappa shape index (κ2) is 9.12. The molecule has 1 aromatic carbocycles. The standard InChI is InChI=1S/C22H27N5O2/c23-14-18-12-20(24-15-18)22(28)25-19-5-4-17(16-26-8-10-29-11-9-26)13-21(19)27-6-2-1-3-7-27/h4-5,12-13,15,24H,1-3,6-11,16H2,(H,25,28). The predicted octanol–water partition coefficient (Wildman–Crippen LogP) is 2.96. The lowest BCUT2D eigenvalue weighted by Crippen LogP contribution is -2.35. The van der Waals surface area contributed by atoms with Crippen LogP contribution < -0.4 is 10.2 Å². The Balaban J connectivity index is 1.55. The minimum absolute atomic E-state index is 0.231. The lowest BCUT2D eigenvalue weighted by molar-refractivity contribution is 0.0342. The molecule has 0 saturated carbocycles. The number of aromatic amines is 1. The van der Waals surface area contributed by atoms with Gasteiger partial charge < -0.3 is 19.9 Å². The van der Waals surface area contributed by atoms with E-state index < -0.39 is 0 Å². The molecule has 0 unspecified atom stereocenters. The fourth-order valence-electron chi connectivity index (χ4n) is 3.97. The van der Waals surface area contributed by atoms with Crippen LogP contribution in [-0.4, -0.2) is 55.2 Å². The molecule has 2 aliphatic rings. The van der Waals surface area contributed by atoms with E-state index >= 15 is 0 Å². The number of amides is 1. The second-order valence-corrected chi connectivity index (χ2v) is 7.66. The Kier molecular flexibility index (Phi) is 6.13. The average molecular weight is 393 g/mol. The number of nitrogens with zero attached hydrogens (tertiary/aromatic N) is 3. The van der Waals surface area contributed by atoms with Crippen molar-refractivity contribution in [2.45, 2.75) is 25.8 Å². The lowest BCUT2D eigenvalue weighted by atomic mass is 10.1. The fraction of sp³-hybridized carbons (Fsp3) is 0.455. The third-order valence-corrected chi connectivity index (χ3v) is 5.57. The molecule has 0 bridgehead atoms. The van der Waals surface area contributed by atoms with Gasteiger partial charge in [-0.2, -0.15) is 5.26 Å². The van der Waals surface area contributed by atoms with Crippen molar-refractivity contribution in [1.82, 2.24) is 9.88 Å². The van der Waals surface area contributed by atoms with Crippen molar-refractivity contribution in [2.75, 3.05) is 49.6 Å². The van der Waals surface area contributed by atoms with Crippen molar-refractivity contribution < 1.29 is 9.53 Å². The Morgan fingerprint density at radius 3 is 2.66 bits per heavy atom. The molecule has 2 aliphatic heterocycles. The minimum atomic E-state index is -0.231. The Hall–Kier alpha value is -2.82. The van der Waals surface area contributed by atoms with Crippen molar-refractivity contribution in [3.63, 3.8) is 0 Å². The van der Waals surface area contributed by atoms with Crippen LogP contribution in [-0.2, 0) is 11.3 Å². The molecule has 29 heavy (non-hydrogen) atoms. The maximum atomic E-state index is 12.7. The van der Waals surface area contributed by atoms with Crippen molar-refractivity contribution in [1.29, 1.82) is 5.26 Å². The molecule has 2 aromatic rings. The molecule has 1 aromatic heterocycles. The largest absolute Gasteiger partial charge is 0.379 e. The van der Waals surface area contributed by atoms with Gasteiger partial charge in [0.25, 0.3) is 5.91 Å². The van der Waals surface area contributed by atoms with Gasteiger partial charge >= 0.3 is 0 Å². The minimum Gasteiger partial charge on any atom is -0.379 e. The number of aromatic nitrogens is 1. The van der Waals surface area contributed by atoms with Crippen LogP contribution in [0.2, 0.25) is 0 Å². The van der Waals surface area contributed by atoms with Crippen molar-refractivity contribution in [2.24, 2.45) is 0 Å². The fourth-order valence-corrected chi connectivity index (χ4v) is 3.97. The molecule has 2 N–H and O–H groups in total. The molecular weight excluding hydrogens is 366 g/mol. The molecule has 0 atom stereocenters. The Morgan fingerprint density at radius 1 is 1.14 bits per heavy atom. The number of ether oxygens (including phenoxy) is 1. The lowest BCUT2D eigenvalue weighted by Gasteiger charge is -2.32. The molecule has 0 aliphatic carbocycles. The first-order valence-electron chi connectivity index (χ1n) is 10.3. The molecule has 152 valence electrons. The van der Waals surface area contributed by atoms with E-state index in [9.17, 15) is 4.79 Å². The molecule has 2 fully saturated rings. The molecule has 4 rings (SSSR count). The summed E-state index contributed by atoms with van der Waals surface area (Å²) < 4.78 is 5.45. The topological polar surface area (TPSA) is 84.4 Å². The number of H-pyrrole nitrogens is 1. The summed E-state index contributed by atoms with van der Waals surface area (Å²) in [6.07, 6.45) is 5.14. The highest BCUT2D eigenvalue weighted by Gasteiger charge is 2.19. The first kappa shape index (κ1) is 19.5. The number of benzene rings is 1. The van der Waals surface area contributed by atoms with Gasteiger partial charge in [-0.1, -0.05) is 6.07 Å². The number of nitriles is 1. The molecule has 1 amide bonds. The SMILES string of the molecule is N#Cc1c[nH]c(C(=O)Nc2ccc(CN3CCOCC3)cc2N2CCCCC2)c1. The highest BCUT2D eigenvalue weighted by Crippen LogP contribution is 2.31. The molecule has 7 nitrogen and oxygen atoms in total. The van der Waals surface area contributed by atoms with E-state index in [1.807, 2.05) is 12.1 Å². The first-order chi connectivity index (χ1) is 14.2. The van der Waals surface area contributed by atoms with E-state index in [0.717, 1.165) is 57.3 Å². The normalized spacial score (nSPS) is 17.7. The summed E-state index contributed by atoms with van der Waals surface area (Å²) in [5, 5.41) is 12.0. The van der Waals surface area contributed by atoms with E-state index in [0.29, 0.717) is 11.3 Å². The van der Waals surface area contributed by atoms with Crippen molar-refractivity contribution in [3.05, 3.63) is 47.3 Å². The monoisotopic (exact) mass is 393 g/mol. The van der Waals surface area contributed by atoms with Gasteiger partial charge in [0.05, 0.1) is 30.2 Å². The van der Waals surface area contributed by atoms with Gasteiger partial charge in [-0.25, -0.2) is 0 Å². The van der Waals surface area contributed by atoms with Crippen LogP contribution in [0.3, 0.4) is 0 Å². The van der Waals surface area contributed by atoms with Gasteiger partial charge in [0, 0.05) is 38.9 Å². The summed E-state index contributed by atoms with van der Waals surface area (Å²) >= 11 is 0. The van der Waals surface area contributed by atoms with Gasteiger partial charge in [0.15, 0.2) is 0 Å². The van der Waals surface area contributed by atoms with Crippen LogP contribution in [0, 0.1) is 11.3 Å². The number of anilines is 2. The van der Waals surface area contributed by atoms with E-state index in [4.69, 9.17) is 10.00 Å². The highest BCUT2D eigenvalue weighted by molar-refractivity contribution is 6.05. The molecule has 0 radical (unpaired) electrons. The maximum absolute atomic E-state index is 12.7. The van der Waals surface area contributed by atoms with E-state index in [1.54, 1.807) is 12.3 Å². The Morgan fingerprint density at radius 2 is 1.93 bits per heavy atom. The number of carbonyl (C=O) groups excluding carboxylic acids is 1. The molecule has 3 heterocycles. The third-order valence-electron chi connectivity index (χ3n) is 5.57. The molecule has 7 heteroatoms. The van der Waals surface area contributed by atoms with Gasteiger partial charge in [-0.05, 0) is 43.0 Å². The number of morpholine rings is 1.